The Bertz CT molecular complexity index is 284. The van der Waals surface area contributed by atoms with E-state index in [1.54, 1.807) is 13.3 Å². The maximum Gasteiger partial charge on any atom is 0.260 e. The molecule has 1 aromatic rings. The third-order valence-corrected chi connectivity index (χ3v) is 1.85. The van der Waals surface area contributed by atoms with Crippen molar-refractivity contribution in [3.63, 3.8) is 0 Å². The molecular formula is C9H14N2O3. The first kappa shape index (κ1) is 10.6. The number of nitrogens with two attached hydrogens (primary N) is 1. The summed E-state index contributed by atoms with van der Waals surface area (Å²) in [5, 5.41) is 0. The summed E-state index contributed by atoms with van der Waals surface area (Å²) >= 11 is 0. The molecule has 0 unspecified atom stereocenters. The van der Waals surface area contributed by atoms with E-state index in [1.165, 1.54) is 14.2 Å². The van der Waals surface area contributed by atoms with Gasteiger partial charge >= 0.3 is 0 Å². The molecule has 0 saturated heterocycles. The number of nitrogens with zero attached hydrogens (tertiary/aromatic N) is 1. The van der Waals surface area contributed by atoms with E-state index >= 15 is 0 Å². The molecule has 0 aromatic carbocycles. The highest BCUT2D eigenvalue weighted by Gasteiger charge is 2.15. The van der Waals surface area contributed by atoms with E-state index in [1.807, 2.05) is 0 Å². The van der Waals surface area contributed by atoms with E-state index in [9.17, 15) is 0 Å². The van der Waals surface area contributed by atoms with Gasteiger partial charge in [-0.05, 0) is 0 Å². The molecule has 0 saturated carbocycles. The van der Waals surface area contributed by atoms with Crippen LogP contribution in [0.5, 0.6) is 17.4 Å². The van der Waals surface area contributed by atoms with Crippen LogP contribution in [0.15, 0.2) is 6.20 Å². The third kappa shape index (κ3) is 1.72. The molecule has 0 amide bonds. The minimum atomic E-state index is 0.344. The summed E-state index contributed by atoms with van der Waals surface area (Å²) in [6.07, 6.45) is 1.61. The lowest BCUT2D eigenvalue weighted by Gasteiger charge is -2.13. The van der Waals surface area contributed by atoms with Gasteiger partial charge in [0.25, 0.3) is 5.88 Å². The molecule has 14 heavy (non-hydrogen) atoms. The fraction of sp³-hybridized carbons (Fsp3) is 0.444. The van der Waals surface area contributed by atoms with Crippen molar-refractivity contribution in [3.05, 3.63) is 11.8 Å². The van der Waals surface area contributed by atoms with Gasteiger partial charge in [0, 0.05) is 18.3 Å². The Morgan fingerprint density at radius 1 is 1.14 bits per heavy atom. The van der Waals surface area contributed by atoms with E-state index in [0.29, 0.717) is 23.9 Å². The molecule has 5 heteroatoms. The minimum absolute atomic E-state index is 0.344. The highest BCUT2D eigenvalue weighted by atomic mass is 16.5. The summed E-state index contributed by atoms with van der Waals surface area (Å²) in [5.41, 5.74) is 6.31. The van der Waals surface area contributed by atoms with Gasteiger partial charge in [-0.15, -0.1) is 0 Å². The smallest absolute Gasteiger partial charge is 0.260 e. The van der Waals surface area contributed by atoms with E-state index in [2.05, 4.69) is 4.98 Å². The predicted octanol–water partition coefficient (Wildman–Crippen LogP) is 0.566. The molecule has 0 spiro atoms. The second-order valence-electron chi connectivity index (χ2n) is 2.56. The zero-order valence-corrected chi connectivity index (χ0v) is 8.53. The van der Waals surface area contributed by atoms with Crippen LogP contribution in [0.4, 0.5) is 0 Å². The Balaban J connectivity index is 3.28. The standard InChI is InChI=1S/C9H14N2O3/c1-12-7-6(4-10)5-11-9(14-3)8(7)13-2/h5H,4,10H2,1-3H3. The van der Waals surface area contributed by atoms with Crippen LogP contribution in [0.1, 0.15) is 5.56 Å². The SMILES string of the molecule is COc1ncc(CN)c(OC)c1OC. The van der Waals surface area contributed by atoms with Gasteiger partial charge in [0.1, 0.15) is 0 Å². The Morgan fingerprint density at radius 3 is 2.21 bits per heavy atom. The Hall–Kier alpha value is -1.49. The van der Waals surface area contributed by atoms with Crippen LogP contribution in [-0.4, -0.2) is 26.3 Å². The van der Waals surface area contributed by atoms with Gasteiger partial charge in [0.2, 0.25) is 5.75 Å². The van der Waals surface area contributed by atoms with Crippen molar-refractivity contribution < 1.29 is 14.2 Å². The van der Waals surface area contributed by atoms with Gasteiger partial charge in [-0.1, -0.05) is 0 Å². The van der Waals surface area contributed by atoms with Gasteiger partial charge in [-0.2, -0.15) is 0 Å². The molecule has 78 valence electrons. The number of pyridine rings is 1. The van der Waals surface area contributed by atoms with E-state index in [0.717, 1.165) is 5.56 Å². The van der Waals surface area contributed by atoms with Crippen molar-refractivity contribution in [2.45, 2.75) is 6.54 Å². The molecule has 1 aromatic heterocycles. The molecule has 0 aliphatic rings. The summed E-state index contributed by atoms with van der Waals surface area (Å²) in [4.78, 5) is 4.04. The number of ether oxygens (including phenoxy) is 3. The quantitative estimate of drug-likeness (QED) is 0.766. The van der Waals surface area contributed by atoms with Gasteiger partial charge in [-0.25, -0.2) is 4.98 Å². The van der Waals surface area contributed by atoms with Gasteiger partial charge < -0.3 is 19.9 Å². The van der Waals surface area contributed by atoms with Crippen molar-refractivity contribution in [2.24, 2.45) is 5.73 Å². The van der Waals surface area contributed by atoms with Gasteiger partial charge in [0.15, 0.2) is 5.75 Å². The van der Waals surface area contributed by atoms with Crippen molar-refractivity contribution in [1.29, 1.82) is 0 Å². The first-order valence-electron chi connectivity index (χ1n) is 4.12. The molecule has 2 N–H and O–H groups in total. The topological polar surface area (TPSA) is 66.6 Å². The average molecular weight is 198 g/mol. The van der Waals surface area contributed by atoms with E-state index < -0.39 is 0 Å². The van der Waals surface area contributed by atoms with Crippen LogP contribution in [0.2, 0.25) is 0 Å². The second kappa shape index (κ2) is 4.66. The molecule has 0 radical (unpaired) electrons. The van der Waals surface area contributed by atoms with E-state index in [-0.39, 0.29) is 0 Å². The predicted molar refractivity (Wildman–Crippen MR) is 51.8 cm³/mol. The van der Waals surface area contributed by atoms with Crippen LogP contribution >= 0.6 is 0 Å². The zero-order chi connectivity index (χ0) is 10.6. The van der Waals surface area contributed by atoms with Crippen molar-refractivity contribution in [3.8, 4) is 17.4 Å². The molecule has 0 bridgehead atoms. The summed E-state index contributed by atoms with van der Waals surface area (Å²) in [7, 11) is 4.60. The van der Waals surface area contributed by atoms with Crippen molar-refractivity contribution in [1.82, 2.24) is 4.98 Å². The maximum atomic E-state index is 5.52. The lowest BCUT2D eigenvalue weighted by Crippen LogP contribution is -2.04. The summed E-state index contributed by atoms with van der Waals surface area (Å²) in [5.74, 6) is 1.43. The lowest BCUT2D eigenvalue weighted by molar-refractivity contribution is 0.313. The Labute approximate surface area is 82.8 Å². The number of rotatable bonds is 4. The molecular weight excluding hydrogens is 184 g/mol. The lowest BCUT2D eigenvalue weighted by atomic mass is 10.2. The normalized spacial score (nSPS) is 9.71. The fourth-order valence-corrected chi connectivity index (χ4v) is 1.19. The highest BCUT2D eigenvalue weighted by molar-refractivity contribution is 5.51. The molecule has 1 rings (SSSR count). The van der Waals surface area contributed by atoms with Crippen LogP contribution in [-0.2, 0) is 6.54 Å². The average Bonchev–Trinajstić information content (AvgIpc) is 2.26. The first-order valence-corrected chi connectivity index (χ1v) is 4.12. The highest BCUT2D eigenvalue weighted by Crippen LogP contribution is 2.37. The molecule has 0 atom stereocenters. The second-order valence-corrected chi connectivity index (χ2v) is 2.56. The maximum absolute atomic E-state index is 5.52. The molecule has 0 aliphatic carbocycles. The van der Waals surface area contributed by atoms with Crippen LogP contribution in [0.3, 0.4) is 0 Å². The summed E-state index contributed by atoms with van der Waals surface area (Å²) in [6, 6.07) is 0. The summed E-state index contributed by atoms with van der Waals surface area (Å²) < 4.78 is 15.3. The van der Waals surface area contributed by atoms with Crippen molar-refractivity contribution in [2.75, 3.05) is 21.3 Å². The zero-order valence-electron chi connectivity index (χ0n) is 8.53. The first-order chi connectivity index (χ1) is 6.78. The summed E-state index contributed by atoms with van der Waals surface area (Å²) in [6.45, 7) is 0.344. The molecule has 0 aliphatic heterocycles. The third-order valence-electron chi connectivity index (χ3n) is 1.85. The monoisotopic (exact) mass is 198 g/mol. The number of hydrogen-bond acceptors (Lipinski definition) is 5. The van der Waals surface area contributed by atoms with E-state index in [4.69, 9.17) is 19.9 Å². The van der Waals surface area contributed by atoms with Crippen LogP contribution in [0, 0.1) is 0 Å². The number of methoxy groups -OCH3 is 3. The van der Waals surface area contributed by atoms with Crippen LogP contribution < -0.4 is 19.9 Å². The Morgan fingerprint density at radius 2 is 1.79 bits per heavy atom. The molecule has 5 nitrogen and oxygen atoms in total. The van der Waals surface area contributed by atoms with Crippen molar-refractivity contribution >= 4 is 0 Å². The number of hydrogen-bond donors (Lipinski definition) is 1. The fourth-order valence-electron chi connectivity index (χ4n) is 1.19. The molecule has 0 fully saturated rings. The Kier molecular flexibility index (Phi) is 3.53. The van der Waals surface area contributed by atoms with Gasteiger partial charge in [0.05, 0.1) is 21.3 Å². The van der Waals surface area contributed by atoms with Crippen LogP contribution in [0.25, 0.3) is 0 Å². The minimum Gasteiger partial charge on any atom is -0.492 e. The van der Waals surface area contributed by atoms with Gasteiger partial charge in [-0.3, -0.25) is 0 Å². The number of aromatic nitrogens is 1. The largest absolute Gasteiger partial charge is 0.492 e. The molecule has 1 heterocycles.